The summed E-state index contributed by atoms with van der Waals surface area (Å²) in [5.74, 6) is -0.646. The van der Waals surface area contributed by atoms with Crippen LogP contribution in [0.2, 0.25) is 0 Å². The standard InChI is InChI=1S/C21H18N4O3S/c1-14-17-13-18(29-20(17)25(24-14)16-5-3-2-4-6-16)21(27)28-12-11-23-19(26)15-7-9-22-10-8-15/h2-10,13H,11-12H2,1H3,(H,23,26). The minimum Gasteiger partial charge on any atom is -0.460 e. The first-order valence-electron chi connectivity index (χ1n) is 9.03. The lowest BCUT2D eigenvalue weighted by Crippen LogP contribution is -2.27. The molecule has 0 fully saturated rings. The summed E-state index contributed by atoms with van der Waals surface area (Å²) in [5, 5.41) is 8.21. The first-order valence-corrected chi connectivity index (χ1v) is 9.85. The van der Waals surface area contributed by atoms with Gasteiger partial charge in [-0.05, 0) is 37.3 Å². The zero-order valence-corrected chi connectivity index (χ0v) is 16.5. The molecule has 0 radical (unpaired) electrons. The molecule has 29 heavy (non-hydrogen) atoms. The third-order valence-electron chi connectivity index (χ3n) is 4.31. The predicted octanol–water partition coefficient (Wildman–Crippen LogP) is 3.38. The van der Waals surface area contributed by atoms with Crippen LogP contribution in [0.1, 0.15) is 25.7 Å². The Morgan fingerprint density at radius 1 is 1.14 bits per heavy atom. The molecule has 0 unspecified atom stereocenters. The number of nitrogens with zero attached hydrogens (tertiary/aromatic N) is 3. The second-order valence-electron chi connectivity index (χ2n) is 6.29. The van der Waals surface area contributed by atoms with E-state index in [4.69, 9.17) is 4.74 Å². The van der Waals surface area contributed by atoms with E-state index in [9.17, 15) is 9.59 Å². The quantitative estimate of drug-likeness (QED) is 0.392. The van der Waals surface area contributed by atoms with E-state index in [0.717, 1.165) is 21.6 Å². The summed E-state index contributed by atoms with van der Waals surface area (Å²) in [6.07, 6.45) is 3.10. The maximum atomic E-state index is 12.4. The number of ether oxygens (including phenoxy) is 1. The molecule has 0 spiro atoms. The number of fused-ring (bicyclic) bond motifs is 1. The molecule has 1 N–H and O–H groups in total. The highest BCUT2D eigenvalue weighted by molar-refractivity contribution is 7.20. The first kappa shape index (κ1) is 18.8. The van der Waals surface area contributed by atoms with Crippen LogP contribution < -0.4 is 5.32 Å². The molecule has 146 valence electrons. The number of para-hydroxylation sites is 1. The van der Waals surface area contributed by atoms with Gasteiger partial charge in [0, 0.05) is 23.3 Å². The number of rotatable bonds is 6. The van der Waals surface area contributed by atoms with Crippen LogP contribution in [0.4, 0.5) is 0 Å². The summed E-state index contributed by atoms with van der Waals surface area (Å²) >= 11 is 1.34. The maximum Gasteiger partial charge on any atom is 0.348 e. The SMILES string of the molecule is Cc1nn(-c2ccccc2)c2sc(C(=O)OCCNC(=O)c3ccncc3)cc12. The molecule has 3 heterocycles. The fourth-order valence-electron chi connectivity index (χ4n) is 2.88. The van der Waals surface area contributed by atoms with E-state index in [1.54, 1.807) is 30.6 Å². The van der Waals surface area contributed by atoms with Crippen LogP contribution in [0.25, 0.3) is 15.9 Å². The van der Waals surface area contributed by atoms with Gasteiger partial charge in [-0.3, -0.25) is 9.78 Å². The van der Waals surface area contributed by atoms with Crippen molar-refractivity contribution in [3.05, 3.63) is 77.1 Å². The van der Waals surface area contributed by atoms with E-state index in [2.05, 4.69) is 15.4 Å². The fraction of sp³-hybridized carbons (Fsp3) is 0.143. The monoisotopic (exact) mass is 406 g/mol. The minimum absolute atomic E-state index is 0.0910. The molecule has 0 bridgehead atoms. The van der Waals surface area contributed by atoms with Crippen molar-refractivity contribution in [2.45, 2.75) is 6.92 Å². The summed E-state index contributed by atoms with van der Waals surface area (Å²) < 4.78 is 7.15. The van der Waals surface area contributed by atoms with E-state index in [1.165, 1.54) is 11.3 Å². The molecule has 4 rings (SSSR count). The number of nitrogens with one attached hydrogen (secondary N) is 1. The molecule has 1 aromatic carbocycles. The van der Waals surface area contributed by atoms with Crippen molar-refractivity contribution in [3.63, 3.8) is 0 Å². The van der Waals surface area contributed by atoms with Crippen molar-refractivity contribution in [2.24, 2.45) is 0 Å². The highest BCUT2D eigenvalue weighted by atomic mass is 32.1. The van der Waals surface area contributed by atoms with Crippen LogP contribution in [0, 0.1) is 6.92 Å². The van der Waals surface area contributed by atoms with Gasteiger partial charge in [-0.1, -0.05) is 18.2 Å². The number of aromatic nitrogens is 3. The lowest BCUT2D eigenvalue weighted by Gasteiger charge is -2.06. The highest BCUT2D eigenvalue weighted by Crippen LogP contribution is 2.30. The van der Waals surface area contributed by atoms with Crippen molar-refractivity contribution >= 4 is 33.4 Å². The summed E-state index contributed by atoms with van der Waals surface area (Å²) in [6.45, 7) is 2.24. The van der Waals surface area contributed by atoms with Gasteiger partial charge < -0.3 is 10.1 Å². The molecule has 0 saturated carbocycles. The smallest absolute Gasteiger partial charge is 0.348 e. The number of carbonyl (C=O) groups is 2. The van der Waals surface area contributed by atoms with Crippen molar-refractivity contribution < 1.29 is 14.3 Å². The Labute approximate surface area is 171 Å². The number of benzene rings is 1. The number of carbonyl (C=O) groups excluding carboxylic acids is 2. The van der Waals surface area contributed by atoms with Gasteiger partial charge in [0.25, 0.3) is 5.91 Å². The lowest BCUT2D eigenvalue weighted by molar-refractivity contribution is 0.0509. The molecule has 7 nitrogen and oxygen atoms in total. The van der Waals surface area contributed by atoms with Crippen LogP contribution in [0.5, 0.6) is 0 Å². The molecule has 0 atom stereocenters. The van der Waals surface area contributed by atoms with E-state index < -0.39 is 5.97 Å². The normalized spacial score (nSPS) is 10.8. The molecule has 8 heteroatoms. The Morgan fingerprint density at radius 2 is 1.90 bits per heavy atom. The van der Waals surface area contributed by atoms with Crippen molar-refractivity contribution in [2.75, 3.05) is 13.2 Å². The maximum absolute atomic E-state index is 12.4. The number of hydrogen-bond donors (Lipinski definition) is 1. The minimum atomic E-state index is -0.414. The zero-order chi connectivity index (χ0) is 20.2. The van der Waals surface area contributed by atoms with Gasteiger partial charge in [-0.15, -0.1) is 11.3 Å². The Morgan fingerprint density at radius 3 is 2.66 bits per heavy atom. The van der Waals surface area contributed by atoms with Gasteiger partial charge in [0.05, 0.1) is 17.9 Å². The second kappa shape index (κ2) is 8.24. The number of thiophene rings is 1. The van der Waals surface area contributed by atoms with Crippen molar-refractivity contribution in [3.8, 4) is 5.69 Å². The van der Waals surface area contributed by atoms with E-state index >= 15 is 0 Å². The molecule has 0 aliphatic heterocycles. The Balaban J connectivity index is 1.40. The third kappa shape index (κ3) is 4.02. The summed E-state index contributed by atoms with van der Waals surface area (Å²) in [4.78, 5) is 29.7. The molecule has 4 aromatic rings. The predicted molar refractivity (Wildman–Crippen MR) is 111 cm³/mol. The largest absolute Gasteiger partial charge is 0.460 e. The Kier molecular flexibility index (Phi) is 5.35. The van der Waals surface area contributed by atoms with E-state index in [-0.39, 0.29) is 19.1 Å². The third-order valence-corrected chi connectivity index (χ3v) is 5.40. The molecular weight excluding hydrogens is 388 g/mol. The van der Waals surface area contributed by atoms with Crippen LogP contribution in [0.15, 0.2) is 60.9 Å². The van der Waals surface area contributed by atoms with Crippen molar-refractivity contribution in [1.29, 1.82) is 0 Å². The van der Waals surface area contributed by atoms with E-state index in [0.29, 0.717) is 10.4 Å². The van der Waals surface area contributed by atoms with Crippen LogP contribution >= 0.6 is 11.3 Å². The van der Waals surface area contributed by atoms with Gasteiger partial charge in [0.2, 0.25) is 0 Å². The number of aryl methyl sites for hydroxylation is 1. The number of amides is 1. The molecule has 0 aliphatic rings. The van der Waals surface area contributed by atoms with Gasteiger partial charge in [0.1, 0.15) is 16.3 Å². The Bertz CT molecular complexity index is 1150. The van der Waals surface area contributed by atoms with Gasteiger partial charge in [-0.25, -0.2) is 9.48 Å². The van der Waals surface area contributed by atoms with Gasteiger partial charge in [-0.2, -0.15) is 5.10 Å². The fourth-order valence-corrected chi connectivity index (χ4v) is 3.95. The average molecular weight is 406 g/mol. The Hall–Kier alpha value is -3.52. The number of pyridine rings is 1. The van der Waals surface area contributed by atoms with Crippen LogP contribution in [0.3, 0.4) is 0 Å². The molecule has 3 aromatic heterocycles. The molecule has 1 amide bonds. The van der Waals surface area contributed by atoms with Gasteiger partial charge >= 0.3 is 5.97 Å². The zero-order valence-electron chi connectivity index (χ0n) is 15.7. The second-order valence-corrected chi connectivity index (χ2v) is 7.32. The molecular formula is C21H18N4O3S. The summed E-state index contributed by atoms with van der Waals surface area (Å²) in [5.41, 5.74) is 2.30. The summed E-state index contributed by atoms with van der Waals surface area (Å²) in [7, 11) is 0. The topological polar surface area (TPSA) is 86.1 Å². The number of esters is 1. The molecule has 0 aliphatic carbocycles. The van der Waals surface area contributed by atoms with Gasteiger partial charge in [0.15, 0.2) is 0 Å². The van der Waals surface area contributed by atoms with E-state index in [1.807, 2.05) is 41.9 Å². The first-order chi connectivity index (χ1) is 14.1. The van der Waals surface area contributed by atoms with Crippen LogP contribution in [-0.4, -0.2) is 39.8 Å². The number of hydrogen-bond acceptors (Lipinski definition) is 6. The molecule has 0 saturated heterocycles. The van der Waals surface area contributed by atoms with Crippen LogP contribution in [-0.2, 0) is 4.74 Å². The van der Waals surface area contributed by atoms with Crippen molar-refractivity contribution in [1.82, 2.24) is 20.1 Å². The highest BCUT2D eigenvalue weighted by Gasteiger charge is 2.18. The summed E-state index contributed by atoms with van der Waals surface area (Å²) in [6, 6.07) is 14.8. The average Bonchev–Trinajstić information content (AvgIpc) is 3.33. The lowest BCUT2D eigenvalue weighted by atomic mass is 10.2.